The Balaban J connectivity index is 3.85. The molecular formula is C10H19O3P. The molecule has 0 N–H and O–H groups in total. The van der Waals surface area contributed by atoms with Crippen LogP contribution in [0.5, 0.6) is 0 Å². The van der Waals surface area contributed by atoms with Crippen LogP contribution in [0.4, 0.5) is 0 Å². The van der Waals surface area contributed by atoms with E-state index in [9.17, 15) is 4.57 Å². The summed E-state index contributed by atoms with van der Waals surface area (Å²) in [5.41, 5.74) is 0. The van der Waals surface area contributed by atoms with Gasteiger partial charge in [0, 0.05) is 6.42 Å². The summed E-state index contributed by atoms with van der Waals surface area (Å²) >= 11 is 0. The van der Waals surface area contributed by atoms with Crippen molar-refractivity contribution in [2.75, 3.05) is 19.4 Å². The van der Waals surface area contributed by atoms with E-state index in [-0.39, 0.29) is 0 Å². The highest BCUT2D eigenvalue weighted by atomic mass is 31.2. The molecule has 14 heavy (non-hydrogen) atoms. The molecule has 0 aromatic rings. The zero-order chi connectivity index (χ0) is 10.9. The van der Waals surface area contributed by atoms with Crippen molar-refractivity contribution in [3.8, 4) is 12.3 Å². The molecule has 0 aliphatic heterocycles. The largest absolute Gasteiger partial charge is 0.330 e. The van der Waals surface area contributed by atoms with Crippen molar-refractivity contribution in [2.45, 2.75) is 33.1 Å². The van der Waals surface area contributed by atoms with Crippen LogP contribution in [0.1, 0.15) is 33.1 Å². The van der Waals surface area contributed by atoms with E-state index < -0.39 is 7.60 Å². The fourth-order valence-corrected chi connectivity index (χ4v) is 2.82. The van der Waals surface area contributed by atoms with E-state index in [0.29, 0.717) is 19.4 Å². The van der Waals surface area contributed by atoms with Crippen LogP contribution in [-0.2, 0) is 13.6 Å². The minimum absolute atomic E-state index is 0.423. The van der Waals surface area contributed by atoms with Gasteiger partial charge in [-0.05, 0) is 26.7 Å². The third kappa shape index (κ3) is 6.21. The highest BCUT2D eigenvalue weighted by Crippen LogP contribution is 2.48. The maximum absolute atomic E-state index is 11.9. The van der Waals surface area contributed by atoms with Gasteiger partial charge in [0.2, 0.25) is 0 Å². The van der Waals surface area contributed by atoms with Crippen LogP contribution in [0.2, 0.25) is 0 Å². The van der Waals surface area contributed by atoms with Crippen LogP contribution in [0, 0.1) is 12.3 Å². The molecule has 0 aliphatic rings. The van der Waals surface area contributed by atoms with E-state index in [1.165, 1.54) is 0 Å². The van der Waals surface area contributed by atoms with Crippen molar-refractivity contribution in [3.63, 3.8) is 0 Å². The highest BCUT2D eigenvalue weighted by molar-refractivity contribution is 7.53. The van der Waals surface area contributed by atoms with Crippen molar-refractivity contribution < 1.29 is 13.6 Å². The predicted molar refractivity (Wildman–Crippen MR) is 58.4 cm³/mol. The van der Waals surface area contributed by atoms with Gasteiger partial charge in [0.15, 0.2) is 0 Å². The molecule has 0 unspecified atom stereocenters. The Hall–Kier alpha value is -0.290. The molecule has 0 heterocycles. The lowest BCUT2D eigenvalue weighted by atomic mass is 10.3. The van der Waals surface area contributed by atoms with Crippen molar-refractivity contribution >= 4 is 7.60 Å². The Kier molecular flexibility index (Phi) is 7.89. The summed E-state index contributed by atoms with van der Waals surface area (Å²) < 4.78 is 22.1. The number of unbranched alkanes of at least 4 members (excludes halogenated alkanes) is 2. The first-order valence-corrected chi connectivity index (χ1v) is 6.73. The van der Waals surface area contributed by atoms with E-state index in [1.54, 1.807) is 0 Å². The molecule has 0 fully saturated rings. The number of rotatable bonds is 8. The fourth-order valence-electron chi connectivity index (χ4n) is 1.09. The Bertz CT molecular complexity index is 210. The summed E-state index contributed by atoms with van der Waals surface area (Å²) in [6, 6.07) is 0. The molecule has 0 aromatic carbocycles. The van der Waals surface area contributed by atoms with Crippen LogP contribution in [0.3, 0.4) is 0 Å². The first-order chi connectivity index (χ1) is 6.68. The van der Waals surface area contributed by atoms with Gasteiger partial charge in [-0.25, -0.2) is 0 Å². The topological polar surface area (TPSA) is 35.5 Å². The predicted octanol–water partition coefficient (Wildman–Crippen LogP) is 3.06. The smallest absolute Gasteiger partial charge is 0.309 e. The molecule has 0 radical (unpaired) electrons. The molecule has 0 bridgehead atoms. The molecule has 0 atom stereocenters. The standard InChI is InChI=1S/C10H19O3P/c1-4-7-8-9-10-14(11,12-5-2)13-6-3/h1H,5-10H2,2-3H3. The molecular weight excluding hydrogens is 199 g/mol. The summed E-state index contributed by atoms with van der Waals surface area (Å²) in [5.74, 6) is 2.55. The Morgan fingerprint density at radius 1 is 1.21 bits per heavy atom. The maximum Gasteiger partial charge on any atom is 0.330 e. The number of terminal acetylenes is 1. The molecule has 82 valence electrons. The van der Waals surface area contributed by atoms with Gasteiger partial charge in [-0.3, -0.25) is 4.57 Å². The average molecular weight is 218 g/mol. The second-order valence-corrected chi connectivity index (χ2v) is 5.02. The minimum atomic E-state index is -2.83. The first-order valence-electron chi connectivity index (χ1n) is 5.00. The summed E-state index contributed by atoms with van der Waals surface area (Å²) in [7, 11) is -2.83. The molecule has 0 saturated carbocycles. The van der Waals surface area contributed by atoms with Crippen LogP contribution in [0.15, 0.2) is 0 Å². The number of hydrogen-bond acceptors (Lipinski definition) is 3. The lowest BCUT2D eigenvalue weighted by Gasteiger charge is -2.16. The summed E-state index contributed by atoms with van der Waals surface area (Å²) in [5, 5.41) is 0. The zero-order valence-corrected chi connectivity index (χ0v) is 9.89. The van der Waals surface area contributed by atoms with Gasteiger partial charge in [-0.15, -0.1) is 12.3 Å². The average Bonchev–Trinajstić information content (AvgIpc) is 2.13. The van der Waals surface area contributed by atoms with Crippen molar-refractivity contribution in [1.82, 2.24) is 0 Å². The van der Waals surface area contributed by atoms with Gasteiger partial charge < -0.3 is 9.05 Å². The molecule has 0 amide bonds. The molecule has 0 rings (SSSR count). The third-order valence-electron chi connectivity index (χ3n) is 1.65. The second kappa shape index (κ2) is 8.05. The normalized spacial score (nSPS) is 11.2. The van der Waals surface area contributed by atoms with Crippen molar-refractivity contribution in [3.05, 3.63) is 0 Å². The molecule has 0 aromatic heterocycles. The van der Waals surface area contributed by atoms with Gasteiger partial charge in [0.1, 0.15) is 0 Å². The van der Waals surface area contributed by atoms with Gasteiger partial charge in [0.25, 0.3) is 0 Å². The van der Waals surface area contributed by atoms with E-state index >= 15 is 0 Å². The van der Waals surface area contributed by atoms with E-state index in [0.717, 1.165) is 19.3 Å². The summed E-state index contributed by atoms with van der Waals surface area (Å²) in [6.45, 7) is 4.47. The zero-order valence-electron chi connectivity index (χ0n) is 8.99. The lowest BCUT2D eigenvalue weighted by Crippen LogP contribution is -2.00. The van der Waals surface area contributed by atoms with E-state index in [1.807, 2.05) is 13.8 Å². The van der Waals surface area contributed by atoms with Crippen molar-refractivity contribution in [2.24, 2.45) is 0 Å². The van der Waals surface area contributed by atoms with E-state index in [2.05, 4.69) is 5.92 Å². The van der Waals surface area contributed by atoms with Gasteiger partial charge in [-0.1, -0.05) is 0 Å². The van der Waals surface area contributed by atoms with Crippen LogP contribution < -0.4 is 0 Å². The van der Waals surface area contributed by atoms with Gasteiger partial charge in [-0.2, -0.15) is 0 Å². The quantitative estimate of drug-likeness (QED) is 0.357. The molecule has 0 aliphatic carbocycles. The van der Waals surface area contributed by atoms with Gasteiger partial charge >= 0.3 is 7.60 Å². The fraction of sp³-hybridized carbons (Fsp3) is 0.800. The lowest BCUT2D eigenvalue weighted by molar-refractivity contribution is 0.219. The molecule has 3 nitrogen and oxygen atoms in total. The highest BCUT2D eigenvalue weighted by Gasteiger charge is 2.22. The van der Waals surface area contributed by atoms with Crippen LogP contribution in [-0.4, -0.2) is 19.4 Å². The third-order valence-corrected chi connectivity index (χ3v) is 3.82. The SMILES string of the molecule is C#CCCCCP(=O)(OCC)OCC. The number of hydrogen-bond donors (Lipinski definition) is 0. The van der Waals surface area contributed by atoms with E-state index in [4.69, 9.17) is 15.5 Å². The molecule has 4 heteroatoms. The van der Waals surface area contributed by atoms with Gasteiger partial charge in [0.05, 0.1) is 19.4 Å². The summed E-state index contributed by atoms with van der Waals surface area (Å²) in [4.78, 5) is 0. The minimum Gasteiger partial charge on any atom is -0.309 e. The molecule has 0 saturated heterocycles. The Morgan fingerprint density at radius 2 is 1.79 bits per heavy atom. The van der Waals surface area contributed by atoms with Crippen molar-refractivity contribution in [1.29, 1.82) is 0 Å². The Labute approximate surface area is 86.7 Å². The maximum atomic E-state index is 11.9. The molecule has 0 spiro atoms. The second-order valence-electron chi connectivity index (χ2n) is 2.83. The summed E-state index contributed by atoms with van der Waals surface area (Å²) in [6.07, 6.45) is 7.97. The van der Waals surface area contributed by atoms with Crippen LogP contribution >= 0.6 is 7.60 Å². The van der Waals surface area contributed by atoms with Crippen LogP contribution in [0.25, 0.3) is 0 Å². The Morgan fingerprint density at radius 3 is 2.21 bits per heavy atom. The first kappa shape index (κ1) is 13.7. The monoisotopic (exact) mass is 218 g/mol.